The Labute approximate surface area is 122 Å². The molecule has 0 unspecified atom stereocenters. The van der Waals surface area contributed by atoms with Crippen molar-refractivity contribution in [3.05, 3.63) is 18.0 Å². The van der Waals surface area contributed by atoms with E-state index in [-0.39, 0.29) is 18.4 Å². The van der Waals surface area contributed by atoms with Gasteiger partial charge in [0, 0.05) is 38.4 Å². The zero-order valence-electron chi connectivity index (χ0n) is 12.0. The minimum atomic E-state index is -0.853. The number of aryl methyl sites for hydroxylation is 1. The van der Waals surface area contributed by atoms with Crippen molar-refractivity contribution in [1.29, 1.82) is 0 Å². The Hall–Kier alpha value is -1.89. The van der Waals surface area contributed by atoms with Crippen molar-refractivity contribution in [3.63, 3.8) is 0 Å². The molecular formula is C14H19N3O4. The first-order chi connectivity index (χ1) is 10.1. The second-order valence-corrected chi connectivity index (χ2v) is 5.75. The summed E-state index contributed by atoms with van der Waals surface area (Å²) in [6.45, 7) is 4.18. The average Bonchev–Trinajstić information content (AvgIpc) is 3.11. The maximum Gasteiger partial charge on any atom is 0.311 e. The van der Waals surface area contributed by atoms with Gasteiger partial charge in [0.2, 0.25) is 0 Å². The van der Waals surface area contributed by atoms with E-state index in [0.29, 0.717) is 38.3 Å². The molecule has 2 aliphatic heterocycles. The van der Waals surface area contributed by atoms with Gasteiger partial charge in [-0.15, -0.1) is 0 Å². The quantitative estimate of drug-likeness (QED) is 0.875. The minimum absolute atomic E-state index is 0.131. The highest BCUT2D eigenvalue weighted by atomic mass is 16.5. The van der Waals surface area contributed by atoms with E-state index in [1.165, 1.54) is 6.20 Å². The molecule has 2 saturated heterocycles. The smallest absolute Gasteiger partial charge is 0.311 e. The first kappa shape index (κ1) is 14.1. The van der Waals surface area contributed by atoms with Gasteiger partial charge in [-0.1, -0.05) is 0 Å². The number of aromatic nitrogens is 2. The lowest BCUT2D eigenvalue weighted by atomic mass is 9.74. The largest absolute Gasteiger partial charge is 0.481 e. The lowest BCUT2D eigenvalue weighted by Crippen LogP contribution is -2.45. The zero-order valence-corrected chi connectivity index (χ0v) is 12.0. The average molecular weight is 293 g/mol. The zero-order chi connectivity index (χ0) is 15.0. The maximum atomic E-state index is 12.5. The van der Waals surface area contributed by atoms with Crippen molar-refractivity contribution in [2.24, 2.45) is 11.3 Å². The van der Waals surface area contributed by atoms with E-state index < -0.39 is 11.4 Å². The first-order valence-corrected chi connectivity index (χ1v) is 7.19. The molecule has 1 amide bonds. The Morgan fingerprint density at radius 2 is 2.38 bits per heavy atom. The fourth-order valence-corrected chi connectivity index (χ4v) is 3.28. The fraction of sp³-hybridized carbons (Fsp3) is 0.643. The number of aliphatic carboxylic acids is 1. The van der Waals surface area contributed by atoms with E-state index in [4.69, 9.17) is 4.74 Å². The lowest BCUT2D eigenvalue weighted by Gasteiger charge is -2.33. The highest BCUT2D eigenvalue weighted by Gasteiger charge is 2.55. The predicted octanol–water partition coefficient (Wildman–Crippen LogP) is 0.466. The van der Waals surface area contributed by atoms with Gasteiger partial charge in [-0.05, 0) is 13.3 Å². The van der Waals surface area contributed by atoms with Crippen LogP contribution in [0, 0.1) is 11.3 Å². The molecule has 2 fully saturated rings. The summed E-state index contributed by atoms with van der Waals surface area (Å²) in [4.78, 5) is 25.9. The van der Waals surface area contributed by atoms with Gasteiger partial charge in [0.1, 0.15) is 0 Å². The molecular weight excluding hydrogens is 274 g/mol. The molecule has 0 aromatic carbocycles. The molecule has 3 heterocycles. The maximum absolute atomic E-state index is 12.5. The van der Waals surface area contributed by atoms with E-state index >= 15 is 0 Å². The molecule has 0 spiro atoms. The molecule has 2 atom stereocenters. The number of carboxylic acids is 1. The van der Waals surface area contributed by atoms with Crippen molar-refractivity contribution in [2.45, 2.75) is 19.9 Å². The van der Waals surface area contributed by atoms with Crippen LogP contribution in [0.15, 0.2) is 12.4 Å². The summed E-state index contributed by atoms with van der Waals surface area (Å²) < 4.78 is 7.08. The number of nitrogens with zero attached hydrogens (tertiary/aromatic N) is 3. The van der Waals surface area contributed by atoms with Crippen molar-refractivity contribution in [1.82, 2.24) is 14.7 Å². The van der Waals surface area contributed by atoms with Crippen molar-refractivity contribution < 1.29 is 19.4 Å². The number of ether oxygens (including phenoxy) is 1. The number of rotatable bonds is 3. The SMILES string of the molecule is CCn1cc(C(=O)N2C[C@H]3COCC[C@@]3(C(=O)O)C2)cn1. The predicted molar refractivity (Wildman–Crippen MR) is 72.8 cm³/mol. The van der Waals surface area contributed by atoms with Crippen molar-refractivity contribution in [3.8, 4) is 0 Å². The van der Waals surface area contributed by atoms with Crippen LogP contribution in [0.3, 0.4) is 0 Å². The Balaban J connectivity index is 1.81. The summed E-state index contributed by atoms with van der Waals surface area (Å²) >= 11 is 0. The van der Waals surface area contributed by atoms with E-state index in [1.807, 2.05) is 6.92 Å². The Morgan fingerprint density at radius 1 is 1.57 bits per heavy atom. The second-order valence-electron chi connectivity index (χ2n) is 5.75. The number of hydrogen-bond donors (Lipinski definition) is 1. The third-order valence-electron chi connectivity index (χ3n) is 4.62. The highest BCUT2D eigenvalue weighted by molar-refractivity contribution is 5.94. The summed E-state index contributed by atoms with van der Waals surface area (Å²) in [5.41, 5.74) is -0.341. The lowest BCUT2D eigenvalue weighted by molar-refractivity contribution is -0.157. The van der Waals surface area contributed by atoms with E-state index in [0.717, 1.165) is 0 Å². The van der Waals surface area contributed by atoms with Gasteiger partial charge in [0.05, 0.1) is 23.8 Å². The van der Waals surface area contributed by atoms with Crippen LogP contribution >= 0.6 is 0 Å². The number of likely N-dealkylation sites (tertiary alicyclic amines) is 1. The Morgan fingerprint density at radius 3 is 3.00 bits per heavy atom. The van der Waals surface area contributed by atoms with E-state index in [2.05, 4.69) is 5.10 Å². The number of carboxylic acid groups (broad SMARTS) is 1. The molecule has 0 saturated carbocycles. The van der Waals surface area contributed by atoms with E-state index in [9.17, 15) is 14.7 Å². The van der Waals surface area contributed by atoms with Crippen LogP contribution in [0.5, 0.6) is 0 Å². The Bertz CT molecular complexity index is 570. The molecule has 2 aliphatic rings. The number of amides is 1. The molecule has 0 bridgehead atoms. The number of fused-ring (bicyclic) bond motifs is 1. The molecule has 1 aromatic rings. The fourth-order valence-electron chi connectivity index (χ4n) is 3.28. The van der Waals surface area contributed by atoms with Gasteiger partial charge in [-0.3, -0.25) is 14.3 Å². The van der Waals surface area contributed by atoms with Crippen LogP contribution in [0.4, 0.5) is 0 Å². The van der Waals surface area contributed by atoms with Crippen LogP contribution in [0.25, 0.3) is 0 Å². The molecule has 21 heavy (non-hydrogen) atoms. The highest BCUT2D eigenvalue weighted by Crippen LogP contribution is 2.42. The molecule has 1 aromatic heterocycles. The summed E-state index contributed by atoms with van der Waals surface area (Å²) in [6.07, 6.45) is 3.71. The normalized spacial score (nSPS) is 28.4. The van der Waals surface area contributed by atoms with Gasteiger partial charge < -0.3 is 14.7 Å². The van der Waals surface area contributed by atoms with Gasteiger partial charge in [0.25, 0.3) is 5.91 Å². The summed E-state index contributed by atoms with van der Waals surface area (Å²) in [5.74, 6) is -1.10. The second kappa shape index (κ2) is 5.14. The van der Waals surface area contributed by atoms with Crippen LogP contribution < -0.4 is 0 Å². The standard InChI is InChI=1S/C14H19N3O4/c1-2-17-6-10(5-15-17)12(18)16-7-11-8-21-4-3-14(11,9-16)13(19)20/h5-6,11H,2-4,7-9H2,1H3,(H,19,20)/t11-,14+/m0/s1. The number of carbonyl (C=O) groups excluding carboxylic acids is 1. The van der Waals surface area contributed by atoms with Crippen molar-refractivity contribution >= 4 is 11.9 Å². The molecule has 1 N–H and O–H groups in total. The van der Waals surface area contributed by atoms with Crippen LogP contribution in [0.1, 0.15) is 23.7 Å². The molecule has 0 radical (unpaired) electrons. The van der Waals surface area contributed by atoms with E-state index in [1.54, 1.807) is 15.8 Å². The monoisotopic (exact) mass is 293 g/mol. The van der Waals surface area contributed by atoms with Gasteiger partial charge in [0.15, 0.2) is 0 Å². The number of hydrogen-bond acceptors (Lipinski definition) is 4. The van der Waals surface area contributed by atoms with Crippen molar-refractivity contribution in [2.75, 3.05) is 26.3 Å². The molecule has 3 rings (SSSR count). The van der Waals surface area contributed by atoms with Gasteiger partial charge >= 0.3 is 5.97 Å². The first-order valence-electron chi connectivity index (χ1n) is 7.19. The third-order valence-corrected chi connectivity index (χ3v) is 4.62. The van der Waals surface area contributed by atoms with Crippen LogP contribution in [-0.4, -0.2) is 58.0 Å². The minimum Gasteiger partial charge on any atom is -0.481 e. The third kappa shape index (κ3) is 2.21. The molecule has 0 aliphatic carbocycles. The summed E-state index contributed by atoms with van der Waals surface area (Å²) in [7, 11) is 0. The summed E-state index contributed by atoms with van der Waals surface area (Å²) in [6, 6.07) is 0. The topological polar surface area (TPSA) is 84.7 Å². The molecule has 114 valence electrons. The molecule has 7 nitrogen and oxygen atoms in total. The summed E-state index contributed by atoms with van der Waals surface area (Å²) in [5, 5.41) is 13.7. The molecule has 7 heteroatoms. The van der Waals surface area contributed by atoms with Crippen LogP contribution in [-0.2, 0) is 16.1 Å². The number of carbonyl (C=O) groups is 2. The van der Waals surface area contributed by atoms with Gasteiger partial charge in [-0.2, -0.15) is 5.10 Å². The Kier molecular flexibility index (Phi) is 3.44. The van der Waals surface area contributed by atoms with Gasteiger partial charge in [-0.25, -0.2) is 0 Å². The van der Waals surface area contributed by atoms with Crippen LogP contribution in [0.2, 0.25) is 0 Å².